The van der Waals surface area contributed by atoms with Crippen molar-refractivity contribution >= 4 is 58.0 Å². The zero-order valence-corrected chi connectivity index (χ0v) is 20.8. The van der Waals surface area contributed by atoms with Crippen LogP contribution in [0.25, 0.3) is 0 Å². The number of thiocarbonyl (C=S) groups is 1. The quantitative estimate of drug-likeness (QED) is 0.169. The van der Waals surface area contributed by atoms with Crippen LogP contribution in [0.2, 0.25) is 0 Å². The van der Waals surface area contributed by atoms with Crippen molar-refractivity contribution in [1.82, 2.24) is 0 Å². The predicted molar refractivity (Wildman–Crippen MR) is 151 cm³/mol. The van der Waals surface area contributed by atoms with Crippen LogP contribution in [0.3, 0.4) is 0 Å². The molecule has 0 aromatic heterocycles. The minimum Gasteiger partial charge on any atom is -0.366 e. The Balaban J connectivity index is 1.53. The molecule has 0 heterocycles. The molecule has 36 heavy (non-hydrogen) atoms. The second kappa shape index (κ2) is 12.0. The van der Waals surface area contributed by atoms with E-state index in [1.165, 1.54) is 11.8 Å². The van der Waals surface area contributed by atoms with Gasteiger partial charge >= 0.3 is 0 Å². The SMILES string of the molecule is NC(=O)c1ccccc1NC(=O)C(Sc1cccc(NC(=S)Nc2ccccc2)c1)c1ccccc1. The number of thioether (sulfide) groups is 1. The molecule has 0 aliphatic rings. The van der Waals surface area contributed by atoms with Crippen LogP contribution in [0.4, 0.5) is 17.1 Å². The highest BCUT2D eigenvalue weighted by Gasteiger charge is 2.23. The van der Waals surface area contributed by atoms with Crippen molar-refractivity contribution in [3.63, 3.8) is 0 Å². The molecule has 5 N–H and O–H groups in total. The second-order valence-electron chi connectivity index (χ2n) is 7.78. The van der Waals surface area contributed by atoms with Gasteiger partial charge in [0.15, 0.2) is 5.11 Å². The molecule has 4 aromatic rings. The lowest BCUT2D eigenvalue weighted by atomic mass is 10.1. The lowest BCUT2D eigenvalue weighted by molar-refractivity contribution is -0.115. The average Bonchev–Trinajstić information content (AvgIpc) is 2.88. The number of amides is 2. The Morgan fingerprint density at radius 2 is 1.33 bits per heavy atom. The summed E-state index contributed by atoms with van der Waals surface area (Å²) in [7, 11) is 0. The predicted octanol–water partition coefficient (Wildman–Crippen LogP) is 6.07. The number of nitrogens with one attached hydrogen (secondary N) is 3. The lowest BCUT2D eigenvalue weighted by Gasteiger charge is -2.19. The molecule has 4 aromatic carbocycles. The molecular formula is C28H24N4O2S2. The molecule has 6 nitrogen and oxygen atoms in total. The molecule has 1 atom stereocenters. The van der Waals surface area contributed by atoms with Gasteiger partial charge < -0.3 is 21.7 Å². The Bertz CT molecular complexity index is 1360. The zero-order chi connectivity index (χ0) is 25.3. The third kappa shape index (κ3) is 6.71. The molecule has 0 aliphatic heterocycles. The van der Waals surface area contributed by atoms with E-state index >= 15 is 0 Å². The van der Waals surface area contributed by atoms with Crippen LogP contribution in [0.1, 0.15) is 21.2 Å². The molecule has 0 aliphatic carbocycles. The first-order valence-corrected chi connectivity index (χ1v) is 12.4. The minimum absolute atomic E-state index is 0.258. The van der Waals surface area contributed by atoms with E-state index in [0.717, 1.165) is 21.8 Å². The van der Waals surface area contributed by atoms with E-state index in [9.17, 15) is 9.59 Å². The van der Waals surface area contributed by atoms with E-state index in [4.69, 9.17) is 18.0 Å². The first kappa shape index (κ1) is 25.0. The van der Waals surface area contributed by atoms with Crippen LogP contribution in [0, 0.1) is 0 Å². The largest absolute Gasteiger partial charge is 0.366 e. The maximum Gasteiger partial charge on any atom is 0.250 e. The smallest absolute Gasteiger partial charge is 0.250 e. The summed E-state index contributed by atoms with van der Waals surface area (Å²) in [6.07, 6.45) is 0. The minimum atomic E-state index is -0.603. The van der Waals surface area contributed by atoms with Gasteiger partial charge in [-0.1, -0.05) is 66.7 Å². The topological polar surface area (TPSA) is 96.2 Å². The van der Waals surface area contributed by atoms with Gasteiger partial charge in [0.05, 0.1) is 11.3 Å². The van der Waals surface area contributed by atoms with Gasteiger partial charge in [-0.15, -0.1) is 11.8 Å². The summed E-state index contributed by atoms with van der Waals surface area (Å²) >= 11 is 6.84. The van der Waals surface area contributed by atoms with Crippen molar-refractivity contribution in [2.75, 3.05) is 16.0 Å². The Morgan fingerprint density at radius 3 is 2.06 bits per heavy atom. The fraction of sp³-hybridized carbons (Fsp3) is 0.0357. The molecule has 1 unspecified atom stereocenters. The summed E-state index contributed by atoms with van der Waals surface area (Å²) in [6.45, 7) is 0. The summed E-state index contributed by atoms with van der Waals surface area (Å²) < 4.78 is 0. The van der Waals surface area contributed by atoms with Crippen LogP contribution in [0.15, 0.2) is 114 Å². The molecule has 2 amide bonds. The average molecular weight is 513 g/mol. The Morgan fingerprint density at radius 1 is 0.722 bits per heavy atom. The molecule has 180 valence electrons. The number of anilines is 3. The van der Waals surface area contributed by atoms with E-state index in [0.29, 0.717) is 10.8 Å². The number of rotatable bonds is 8. The number of nitrogens with two attached hydrogens (primary N) is 1. The fourth-order valence-electron chi connectivity index (χ4n) is 3.50. The first-order chi connectivity index (χ1) is 17.5. The summed E-state index contributed by atoms with van der Waals surface area (Å²) in [5.74, 6) is -0.867. The molecule has 0 radical (unpaired) electrons. The normalized spacial score (nSPS) is 11.2. The van der Waals surface area contributed by atoms with Crippen molar-refractivity contribution in [2.45, 2.75) is 10.1 Å². The van der Waals surface area contributed by atoms with Crippen LogP contribution < -0.4 is 21.7 Å². The van der Waals surface area contributed by atoms with Crippen molar-refractivity contribution < 1.29 is 9.59 Å². The molecule has 0 saturated carbocycles. The summed E-state index contributed by atoms with van der Waals surface area (Å²) in [5.41, 5.74) is 8.63. The van der Waals surface area contributed by atoms with Crippen LogP contribution in [0.5, 0.6) is 0 Å². The maximum absolute atomic E-state index is 13.4. The van der Waals surface area contributed by atoms with Crippen LogP contribution >= 0.6 is 24.0 Å². The Labute approximate surface area is 219 Å². The number of carbonyl (C=O) groups excluding carboxylic acids is 2. The second-order valence-corrected chi connectivity index (χ2v) is 9.37. The van der Waals surface area contributed by atoms with Crippen molar-refractivity contribution in [2.24, 2.45) is 5.73 Å². The highest BCUT2D eigenvalue weighted by Crippen LogP contribution is 2.37. The van der Waals surface area contributed by atoms with Gasteiger partial charge in [0.25, 0.3) is 5.91 Å². The van der Waals surface area contributed by atoms with Gasteiger partial charge in [-0.25, -0.2) is 0 Å². The molecule has 4 rings (SSSR count). The fourth-order valence-corrected chi connectivity index (χ4v) is 4.82. The number of carbonyl (C=O) groups is 2. The Kier molecular flexibility index (Phi) is 8.33. The van der Waals surface area contributed by atoms with E-state index in [2.05, 4.69) is 16.0 Å². The van der Waals surface area contributed by atoms with E-state index < -0.39 is 11.2 Å². The maximum atomic E-state index is 13.4. The van der Waals surface area contributed by atoms with Gasteiger partial charge in [0, 0.05) is 16.3 Å². The lowest BCUT2D eigenvalue weighted by Crippen LogP contribution is -2.22. The summed E-state index contributed by atoms with van der Waals surface area (Å²) in [5, 5.41) is 9.10. The molecule has 8 heteroatoms. The number of para-hydroxylation sites is 2. The van der Waals surface area contributed by atoms with Gasteiger partial charge in [0.1, 0.15) is 5.25 Å². The number of primary amides is 1. The summed E-state index contributed by atoms with van der Waals surface area (Å²) in [6, 6.07) is 33.5. The third-order valence-corrected chi connectivity index (χ3v) is 6.62. The Hall–Kier alpha value is -4.14. The van der Waals surface area contributed by atoms with E-state index in [-0.39, 0.29) is 11.5 Å². The third-order valence-electron chi connectivity index (χ3n) is 5.17. The van der Waals surface area contributed by atoms with E-state index in [1.54, 1.807) is 24.3 Å². The van der Waals surface area contributed by atoms with Gasteiger partial charge in [-0.2, -0.15) is 0 Å². The van der Waals surface area contributed by atoms with Gasteiger partial charge in [-0.05, 0) is 60.2 Å². The number of benzene rings is 4. The molecule has 0 bridgehead atoms. The number of hydrogen-bond acceptors (Lipinski definition) is 4. The monoisotopic (exact) mass is 512 g/mol. The van der Waals surface area contributed by atoms with Crippen molar-refractivity contribution in [3.8, 4) is 0 Å². The van der Waals surface area contributed by atoms with Gasteiger partial charge in [0.2, 0.25) is 5.91 Å². The molecular weight excluding hydrogens is 488 g/mol. The zero-order valence-electron chi connectivity index (χ0n) is 19.2. The van der Waals surface area contributed by atoms with Crippen LogP contribution in [-0.4, -0.2) is 16.9 Å². The molecule has 0 saturated heterocycles. The number of hydrogen-bond donors (Lipinski definition) is 4. The molecule has 0 fully saturated rings. The highest BCUT2D eigenvalue weighted by molar-refractivity contribution is 8.00. The highest BCUT2D eigenvalue weighted by atomic mass is 32.2. The first-order valence-electron chi connectivity index (χ1n) is 11.1. The molecule has 0 spiro atoms. The standard InChI is InChI=1S/C28H24N4O2S2/c29-26(33)23-16-7-8-17-24(23)32-27(34)25(19-10-3-1-4-11-19)36-22-15-9-14-21(18-22)31-28(35)30-20-12-5-2-6-13-20/h1-18,25H,(H2,29,33)(H,32,34)(H2,30,31,35). The van der Waals surface area contributed by atoms with Gasteiger partial charge in [-0.3, -0.25) is 9.59 Å². The van der Waals surface area contributed by atoms with E-state index in [1.807, 2.05) is 84.9 Å². The summed E-state index contributed by atoms with van der Waals surface area (Å²) in [4.78, 5) is 26.1. The van der Waals surface area contributed by atoms with Crippen molar-refractivity contribution in [1.29, 1.82) is 0 Å². The van der Waals surface area contributed by atoms with Crippen molar-refractivity contribution in [3.05, 3.63) is 120 Å². The van der Waals surface area contributed by atoms with Crippen LogP contribution in [-0.2, 0) is 4.79 Å².